The highest BCUT2D eigenvalue weighted by atomic mass is 19.4. The molecule has 236 valence electrons. The fourth-order valence-electron chi connectivity index (χ4n) is 4.70. The normalized spacial score (nSPS) is 13.7. The molecular weight excluding hydrogens is 597 g/mol. The van der Waals surface area contributed by atoms with Crippen LogP contribution in [-0.4, -0.2) is 45.7 Å². The second-order valence-corrected chi connectivity index (χ2v) is 10.3. The topological polar surface area (TPSA) is 162 Å². The first kappa shape index (κ1) is 32.7. The maximum atomic E-state index is 13.5. The number of benzene rings is 3. The summed E-state index contributed by atoms with van der Waals surface area (Å²) in [5.41, 5.74) is 0.621. The lowest BCUT2D eigenvalue weighted by Crippen LogP contribution is -2.36. The van der Waals surface area contributed by atoms with Crippen LogP contribution in [0.3, 0.4) is 0 Å². The minimum absolute atomic E-state index is 0.103. The number of non-ortho nitro benzene ring substituents is 1. The van der Waals surface area contributed by atoms with Gasteiger partial charge in [-0.05, 0) is 72.7 Å². The Hall–Kier alpha value is -5.24. The highest BCUT2D eigenvalue weighted by molar-refractivity contribution is 6.02. The lowest BCUT2D eigenvalue weighted by atomic mass is 9.93. The summed E-state index contributed by atoms with van der Waals surface area (Å²) in [6.07, 6.45) is -0.485. The molecule has 3 aromatic carbocycles. The molecule has 0 heterocycles. The summed E-state index contributed by atoms with van der Waals surface area (Å²) >= 11 is 0. The van der Waals surface area contributed by atoms with Gasteiger partial charge < -0.3 is 20.8 Å². The van der Waals surface area contributed by atoms with E-state index in [1.54, 1.807) is 12.1 Å². The maximum absolute atomic E-state index is 13.5. The lowest BCUT2D eigenvalue weighted by molar-refractivity contribution is -0.385. The number of anilines is 2. The van der Waals surface area contributed by atoms with Gasteiger partial charge in [0, 0.05) is 29.1 Å². The molecule has 0 aliphatic heterocycles. The van der Waals surface area contributed by atoms with Crippen LogP contribution in [0.4, 0.5) is 35.0 Å². The number of halogens is 3. The van der Waals surface area contributed by atoms with Gasteiger partial charge in [-0.25, -0.2) is 9.59 Å². The quantitative estimate of drug-likeness (QED) is 0.159. The molecule has 0 bridgehead atoms. The van der Waals surface area contributed by atoms with Gasteiger partial charge in [-0.2, -0.15) is 13.2 Å². The Bertz CT molecular complexity index is 1610. The van der Waals surface area contributed by atoms with Crippen molar-refractivity contribution in [1.82, 2.24) is 5.32 Å². The van der Waals surface area contributed by atoms with Crippen molar-refractivity contribution in [2.45, 2.75) is 44.5 Å². The molecule has 14 heteroatoms. The molecule has 1 aliphatic rings. The van der Waals surface area contributed by atoms with E-state index in [1.165, 1.54) is 34.7 Å². The number of rotatable bonds is 10. The number of carboxylic acids is 1. The number of hydrogen-bond acceptors (Lipinski definition) is 6. The van der Waals surface area contributed by atoms with Crippen molar-refractivity contribution < 1.29 is 42.7 Å². The van der Waals surface area contributed by atoms with E-state index >= 15 is 0 Å². The third-order valence-corrected chi connectivity index (χ3v) is 7.09. The molecule has 4 N–H and O–H groups in total. The van der Waals surface area contributed by atoms with Crippen LogP contribution >= 0.6 is 0 Å². The zero-order valence-electron chi connectivity index (χ0n) is 23.7. The Balaban J connectivity index is 1.61. The van der Waals surface area contributed by atoms with Crippen molar-refractivity contribution in [3.05, 3.63) is 105 Å². The van der Waals surface area contributed by atoms with E-state index in [4.69, 9.17) is 5.11 Å². The molecule has 11 nitrogen and oxygen atoms in total. The molecular formula is C31H29F3N4O7. The maximum Gasteiger partial charge on any atom is 0.416 e. The largest absolute Gasteiger partial charge is 0.479 e. The van der Waals surface area contributed by atoms with Crippen LogP contribution < -0.4 is 15.5 Å². The van der Waals surface area contributed by atoms with Crippen molar-refractivity contribution in [2.24, 2.45) is 0 Å². The van der Waals surface area contributed by atoms with Crippen molar-refractivity contribution in [2.75, 3.05) is 16.8 Å². The SMILES string of the molecule is O=C(NC[C@@H](O)C(=O)O)c1ccc(CN(C(=O)Nc2cc([N+](=O)[O-])cc(C(F)(F)F)c2)c2ccc(C3=CCCCC3)cc2)cc1. The van der Waals surface area contributed by atoms with Crippen LogP contribution in [0.1, 0.15) is 52.7 Å². The minimum atomic E-state index is -4.89. The van der Waals surface area contributed by atoms with Gasteiger partial charge in [-0.15, -0.1) is 0 Å². The standard InChI is InChI=1S/C31H29F3N4O7/c32-31(33,34)23-14-24(16-26(15-23)38(44)45)36-30(43)37(25-12-10-21(11-13-25)20-4-2-1-3-5-20)18-19-6-8-22(9-7-19)28(40)35-17-27(39)29(41)42/h4,6-16,27,39H,1-3,5,17-18H2,(H,35,40)(H,36,43)(H,41,42)/t27-/m1/s1. The Kier molecular flexibility index (Phi) is 10.2. The Morgan fingerprint density at radius 2 is 1.69 bits per heavy atom. The Morgan fingerprint density at radius 1 is 1.00 bits per heavy atom. The summed E-state index contributed by atoms with van der Waals surface area (Å²) in [5.74, 6) is -2.14. The van der Waals surface area contributed by atoms with Crippen molar-refractivity contribution >= 4 is 40.5 Å². The average Bonchev–Trinajstić information content (AvgIpc) is 3.02. The smallest absolute Gasteiger partial charge is 0.416 e. The number of hydrogen-bond donors (Lipinski definition) is 4. The summed E-state index contributed by atoms with van der Waals surface area (Å²) in [5, 5.41) is 34.1. The Labute approximate surface area is 255 Å². The van der Waals surface area contributed by atoms with E-state index in [-0.39, 0.29) is 12.1 Å². The number of urea groups is 1. The van der Waals surface area contributed by atoms with E-state index in [1.807, 2.05) is 12.1 Å². The van der Waals surface area contributed by atoms with E-state index in [9.17, 15) is 42.8 Å². The van der Waals surface area contributed by atoms with E-state index in [0.29, 0.717) is 23.4 Å². The minimum Gasteiger partial charge on any atom is -0.479 e. The number of alkyl halides is 3. The summed E-state index contributed by atoms with van der Waals surface area (Å²) in [7, 11) is 0. The zero-order chi connectivity index (χ0) is 32.7. The second-order valence-electron chi connectivity index (χ2n) is 10.3. The Morgan fingerprint density at radius 3 is 2.27 bits per heavy atom. The summed E-state index contributed by atoms with van der Waals surface area (Å²) < 4.78 is 40.3. The monoisotopic (exact) mass is 626 g/mol. The molecule has 1 aliphatic carbocycles. The number of aliphatic carboxylic acids is 1. The third-order valence-electron chi connectivity index (χ3n) is 7.09. The number of nitro groups is 1. The van der Waals surface area contributed by atoms with Crippen molar-refractivity contribution in [3.8, 4) is 0 Å². The number of amides is 3. The van der Waals surface area contributed by atoms with Gasteiger partial charge in [0.15, 0.2) is 6.10 Å². The van der Waals surface area contributed by atoms with Gasteiger partial charge >= 0.3 is 18.2 Å². The number of carbonyl (C=O) groups excluding carboxylic acids is 2. The molecule has 0 saturated carbocycles. The van der Waals surface area contributed by atoms with Crippen LogP contribution in [0.15, 0.2) is 72.8 Å². The number of aliphatic hydroxyl groups excluding tert-OH is 1. The van der Waals surface area contributed by atoms with Gasteiger partial charge in [0.1, 0.15) is 0 Å². The van der Waals surface area contributed by atoms with Crippen LogP contribution in [0.25, 0.3) is 5.57 Å². The van der Waals surface area contributed by atoms with Crippen LogP contribution in [-0.2, 0) is 17.5 Å². The van der Waals surface area contributed by atoms with E-state index < -0.39 is 58.6 Å². The van der Waals surface area contributed by atoms with Crippen LogP contribution in [0.5, 0.6) is 0 Å². The number of carbonyl (C=O) groups is 3. The first-order chi connectivity index (χ1) is 21.3. The molecule has 0 radical (unpaired) electrons. The highest BCUT2D eigenvalue weighted by Gasteiger charge is 2.33. The molecule has 1 atom stereocenters. The zero-order valence-corrected chi connectivity index (χ0v) is 23.7. The number of aliphatic hydroxyl groups is 1. The summed E-state index contributed by atoms with van der Waals surface area (Å²) in [6.45, 7) is -0.612. The summed E-state index contributed by atoms with van der Waals surface area (Å²) in [4.78, 5) is 48.2. The van der Waals surface area contributed by atoms with Crippen molar-refractivity contribution in [1.29, 1.82) is 0 Å². The predicted molar refractivity (Wildman–Crippen MR) is 159 cm³/mol. The first-order valence-corrected chi connectivity index (χ1v) is 13.8. The second kappa shape index (κ2) is 14.0. The van der Waals surface area contributed by atoms with Crippen molar-refractivity contribution in [3.63, 3.8) is 0 Å². The molecule has 3 amide bonds. The van der Waals surface area contributed by atoms with Crippen LogP contribution in [0.2, 0.25) is 0 Å². The number of allylic oxidation sites excluding steroid dienone is 2. The van der Waals surface area contributed by atoms with Gasteiger partial charge in [-0.1, -0.05) is 30.3 Å². The molecule has 4 rings (SSSR count). The molecule has 0 saturated heterocycles. The average molecular weight is 627 g/mol. The number of nitrogens with zero attached hydrogens (tertiary/aromatic N) is 2. The molecule has 3 aromatic rings. The fraction of sp³-hybridized carbons (Fsp3) is 0.258. The molecule has 0 spiro atoms. The predicted octanol–water partition coefficient (Wildman–Crippen LogP) is 5.99. The first-order valence-electron chi connectivity index (χ1n) is 13.8. The van der Waals surface area contributed by atoms with E-state index in [0.717, 1.165) is 37.3 Å². The highest BCUT2D eigenvalue weighted by Crippen LogP contribution is 2.34. The van der Waals surface area contributed by atoms with Gasteiger partial charge in [-0.3, -0.25) is 19.8 Å². The third kappa shape index (κ3) is 8.66. The van der Waals surface area contributed by atoms with Gasteiger partial charge in [0.05, 0.1) is 23.6 Å². The number of carboxylic acid groups (broad SMARTS) is 1. The summed E-state index contributed by atoms with van der Waals surface area (Å²) in [6, 6.07) is 13.9. The lowest BCUT2D eigenvalue weighted by Gasteiger charge is -2.24. The van der Waals surface area contributed by atoms with Gasteiger partial charge in [0.25, 0.3) is 11.6 Å². The molecule has 0 aromatic heterocycles. The molecule has 45 heavy (non-hydrogen) atoms. The molecule has 0 fully saturated rings. The number of nitro benzene ring substituents is 1. The van der Waals surface area contributed by atoms with Gasteiger partial charge in [0.2, 0.25) is 0 Å². The van der Waals surface area contributed by atoms with Crippen LogP contribution in [0, 0.1) is 10.1 Å². The molecule has 0 unspecified atom stereocenters. The fourth-order valence-corrected chi connectivity index (χ4v) is 4.70. The number of nitrogens with one attached hydrogen (secondary N) is 2. The van der Waals surface area contributed by atoms with E-state index in [2.05, 4.69) is 16.7 Å².